The van der Waals surface area contributed by atoms with Gasteiger partial charge in [-0.2, -0.15) is 0 Å². The summed E-state index contributed by atoms with van der Waals surface area (Å²) < 4.78 is 0. The first-order valence-corrected chi connectivity index (χ1v) is 7.31. The van der Waals surface area contributed by atoms with Gasteiger partial charge in [-0.25, -0.2) is 0 Å². The van der Waals surface area contributed by atoms with Crippen LogP contribution in [0.1, 0.15) is 32.3 Å². The maximum atomic E-state index is 11.7. The van der Waals surface area contributed by atoms with Crippen molar-refractivity contribution in [1.29, 1.82) is 0 Å². The Labute approximate surface area is 138 Å². The third kappa shape index (κ3) is 8.64. The molecular weight excluding hydrogens is 302 g/mol. The first-order valence-electron chi connectivity index (χ1n) is 7.31. The zero-order valence-electron chi connectivity index (χ0n) is 13.4. The van der Waals surface area contributed by atoms with E-state index in [0.717, 1.165) is 11.3 Å². The van der Waals surface area contributed by atoms with E-state index in [-0.39, 0.29) is 24.2 Å². The molecule has 0 unspecified atom stereocenters. The second-order valence-electron chi connectivity index (χ2n) is 5.48. The van der Waals surface area contributed by atoms with Crippen LogP contribution in [0.4, 0.5) is 5.69 Å². The van der Waals surface area contributed by atoms with Crippen LogP contribution < -0.4 is 16.0 Å². The lowest BCUT2D eigenvalue weighted by atomic mass is 10.1. The van der Waals surface area contributed by atoms with Gasteiger partial charge < -0.3 is 16.0 Å². The SMILES string of the molecule is CNCCC(=O)NCc1cccc(NC(=O)CC(C)C)c1.Cl. The van der Waals surface area contributed by atoms with Crippen LogP contribution in [0.2, 0.25) is 0 Å². The van der Waals surface area contributed by atoms with Gasteiger partial charge in [0.1, 0.15) is 0 Å². The maximum absolute atomic E-state index is 11.7. The van der Waals surface area contributed by atoms with Crippen LogP contribution in [0, 0.1) is 5.92 Å². The van der Waals surface area contributed by atoms with Crippen LogP contribution in [0.25, 0.3) is 0 Å². The molecule has 0 radical (unpaired) electrons. The number of amides is 2. The highest BCUT2D eigenvalue weighted by Gasteiger charge is 2.06. The molecule has 0 fully saturated rings. The summed E-state index contributed by atoms with van der Waals surface area (Å²) in [6, 6.07) is 7.54. The molecule has 0 heterocycles. The first kappa shape index (κ1) is 20.4. The third-order valence-corrected chi connectivity index (χ3v) is 2.90. The molecule has 0 atom stereocenters. The van der Waals surface area contributed by atoms with Crippen molar-refractivity contribution >= 4 is 29.9 Å². The van der Waals surface area contributed by atoms with Crippen molar-refractivity contribution in [1.82, 2.24) is 10.6 Å². The Morgan fingerprint density at radius 2 is 1.91 bits per heavy atom. The lowest BCUT2D eigenvalue weighted by Crippen LogP contribution is -2.26. The number of carbonyl (C=O) groups is 2. The molecule has 0 saturated carbocycles. The summed E-state index contributed by atoms with van der Waals surface area (Å²) in [5.41, 5.74) is 1.73. The monoisotopic (exact) mass is 327 g/mol. The van der Waals surface area contributed by atoms with Crippen molar-refractivity contribution in [2.75, 3.05) is 18.9 Å². The molecule has 0 aliphatic heterocycles. The Morgan fingerprint density at radius 3 is 2.55 bits per heavy atom. The maximum Gasteiger partial charge on any atom is 0.224 e. The predicted molar refractivity (Wildman–Crippen MR) is 92.2 cm³/mol. The van der Waals surface area contributed by atoms with Crippen molar-refractivity contribution in [2.24, 2.45) is 5.92 Å². The van der Waals surface area contributed by atoms with Gasteiger partial charge in [-0.3, -0.25) is 9.59 Å². The highest BCUT2D eigenvalue weighted by Crippen LogP contribution is 2.12. The second-order valence-corrected chi connectivity index (χ2v) is 5.48. The van der Waals surface area contributed by atoms with Gasteiger partial charge in [0.25, 0.3) is 0 Å². The molecule has 2 amide bonds. The highest BCUT2D eigenvalue weighted by atomic mass is 35.5. The molecule has 1 aromatic rings. The van der Waals surface area contributed by atoms with E-state index in [1.54, 1.807) is 0 Å². The van der Waals surface area contributed by atoms with Gasteiger partial charge in [0.15, 0.2) is 0 Å². The van der Waals surface area contributed by atoms with Crippen molar-refractivity contribution in [3.8, 4) is 0 Å². The van der Waals surface area contributed by atoms with Gasteiger partial charge >= 0.3 is 0 Å². The third-order valence-electron chi connectivity index (χ3n) is 2.90. The number of carbonyl (C=O) groups excluding carboxylic acids is 2. The number of benzene rings is 1. The van der Waals surface area contributed by atoms with E-state index >= 15 is 0 Å². The quantitative estimate of drug-likeness (QED) is 0.686. The number of anilines is 1. The minimum atomic E-state index is 0. The first-order chi connectivity index (χ1) is 10.0. The molecule has 0 aromatic heterocycles. The smallest absolute Gasteiger partial charge is 0.224 e. The summed E-state index contributed by atoms with van der Waals surface area (Å²) in [7, 11) is 1.82. The number of rotatable bonds is 8. The largest absolute Gasteiger partial charge is 0.352 e. The summed E-state index contributed by atoms with van der Waals surface area (Å²) in [6.45, 7) is 5.15. The number of hydrogen-bond donors (Lipinski definition) is 3. The van der Waals surface area contributed by atoms with Gasteiger partial charge in [-0.1, -0.05) is 26.0 Å². The Kier molecular flexibility index (Phi) is 10.2. The van der Waals surface area contributed by atoms with Crippen LogP contribution in [-0.2, 0) is 16.1 Å². The summed E-state index contributed by atoms with van der Waals surface area (Å²) in [5, 5.41) is 8.66. The fourth-order valence-corrected chi connectivity index (χ4v) is 1.87. The molecule has 3 N–H and O–H groups in total. The average molecular weight is 328 g/mol. The summed E-state index contributed by atoms with van der Waals surface area (Å²) >= 11 is 0. The predicted octanol–water partition coefficient (Wildman–Crippen LogP) is 2.32. The van der Waals surface area contributed by atoms with Gasteiger partial charge in [0.05, 0.1) is 0 Å². The molecule has 0 bridgehead atoms. The van der Waals surface area contributed by atoms with Crippen LogP contribution in [0.3, 0.4) is 0 Å². The van der Waals surface area contributed by atoms with E-state index in [4.69, 9.17) is 0 Å². The lowest BCUT2D eigenvalue weighted by Gasteiger charge is -2.09. The lowest BCUT2D eigenvalue weighted by molar-refractivity contribution is -0.121. The minimum absolute atomic E-state index is 0. The normalized spacial score (nSPS) is 10.0. The van der Waals surface area contributed by atoms with Gasteiger partial charge in [0, 0.05) is 31.6 Å². The zero-order valence-corrected chi connectivity index (χ0v) is 14.3. The van der Waals surface area contributed by atoms with E-state index < -0.39 is 0 Å². The molecule has 1 aromatic carbocycles. The molecule has 0 aliphatic carbocycles. The molecule has 0 saturated heterocycles. The fraction of sp³-hybridized carbons (Fsp3) is 0.500. The fourth-order valence-electron chi connectivity index (χ4n) is 1.87. The van der Waals surface area contributed by atoms with Gasteiger partial charge in [0.2, 0.25) is 11.8 Å². The van der Waals surface area contributed by atoms with Crippen LogP contribution in [-0.4, -0.2) is 25.4 Å². The number of halogens is 1. The minimum Gasteiger partial charge on any atom is -0.352 e. The van der Waals surface area contributed by atoms with Crippen LogP contribution in [0.5, 0.6) is 0 Å². The molecule has 5 nitrogen and oxygen atoms in total. The molecule has 1 rings (SSSR count). The molecule has 6 heteroatoms. The molecule has 124 valence electrons. The van der Waals surface area contributed by atoms with Crippen molar-refractivity contribution in [3.63, 3.8) is 0 Å². The van der Waals surface area contributed by atoms with E-state index in [1.165, 1.54) is 0 Å². The highest BCUT2D eigenvalue weighted by molar-refractivity contribution is 5.90. The van der Waals surface area contributed by atoms with Gasteiger partial charge in [-0.15, -0.1) is 12.4 Å². The number of nitrogens with one attached hydrogen (secondary N) is 3. The molecule has 0 aliphatic rings. The Balaban J connectivity index is 0.00000441. The average Bonchev–Trinajstić information content (AvgIpc) is 2.42. The van der Waals surface area contributed by atoms with Crippen LogP contribution >= 0.6 is 12.4 Å². The van der Waals surface area contributed by atoms with E-state index in [9.17, 15) is 9.59 Å². The van der Waals surface area contributed by atoms with Crippen molar-refractivity contribution in [2.45, 2.75) is 33.2 Å². The Bertz CT molecular complexity index is 478. The molecular formula is C16H26ClN3O2. The van der Waals surface area contributed by atoms with E-state index in [2.05, 4.69) is 16.0 Å². The van der Waals surface area contributed by atoms with Crippen LogP contribution in [0.15, 0.2) is 24.3 Å². The number of hydrogen-bond acceptors (Lipinski definition) is 3. The zero-order chi connectivity index (χ0) is 15.7. The second kappa shape index (κ2) is 11.0. The molecule has 0 spiro atoms. The summed E-state index contributed by atoms with van der Waals surface area (Å²) in [5.74, 6) is 0.360. The molecule has 22 heavy (non-hydrogen) atoms. The standard InChI is InChI=1S/C16H25N3O2.ClH/c1-12(2)9-16(21)19-14-6-4-5-13(10-14)11-18-15(20)7-8-17-3;/h4-6,10,12,17H,7-9,11H2,1-3H3,(H,18,20)(H,19,21);1H. The summed E-state index contributed by atoms with van der Waals surface area (Å²) in [6.07, 6.45) is 0.965. The van der Waals surface area contributed by atoms with Crippen molar-refractivity contribution < 1.29 is 9.59 Å². The van der Waals surface area contributed by atoms with Crippen molar-refractivity contribution in [3.05, 3.63) is 29.8 Å². The van der Waals surface area contributed by atoms with E-state index in [1.807, 2.05) is 45.2 Å². The summed E-state index contributed by atoms with van der Waals surface area (Å²) in [4.78, 5) is 23.3. The Hall–Kier alpha value is -1.59. The Morgan fingerprint density at radius 1 is 1.18 bits per heavy atom. The topological polar surface area (TPSA) is 70.2 Å². The van der Waals surface area contributed by atoms with E-state index in [0.29, 0.717) is 31.8 Å². The van der Waals surface area contributed by atoms with Gasteiger partial charge in [-0.05, 0) is 30.7 Å².